The number of aryl methyl sites for hydroxylation is 2. The molecule has 4 aliphatic rings. The molecular formula is C40H44ClN3O8. The first kappa shape index (κ1) is 36.0. The van der Waals surface area contributed by atoms with Crippen LogP contribution in [-0.2, 0) is 38.3 Å². The summed E-state index contributed by atoms with van der Waals surface area (Å²) in [7, 11) is 3.67. The Morgan fingerprint density at radius 3 is 2.48 bits per heavy atom. The second-order valence-electron chi connectivity index (χ2n) is 14.0. The van der Waals surface area contributed by atoms with Crippen molar-refractivity contribution in [2.75, 3.05) is 40.2 Å². The van der Waals surface area contributed by atoms with Crippen LogP contribution in [-0.4, -0.2) is 80.1 Å². The third-order valence-corrected chi connectivity index (χ3v) is 11.3. The third-order valence-electron chi connectivity index (χ3n) is 11.1. The van der Waals surface area contributed by atoms with E-state index in [1.807, 2.05) is 37.3 Å². The fraction of sp³-hybridized carbons (Fsp3) is 0.475. The molecule has 0 spiro atoms. The first-order valence-corrected chi connectivity index (χ1v) is 18.3. The molecule has 4 heterocycles. The molecule has 4 aliphatic heterocycles. The van der Waals surface area contributed by atoms with Crippen molar-refractivity contribution < 1.29 is 38.0 Å². The maximum absolute atomic E-state index is 13.4. The van der Waals surface area contributed by atoms with Crippen LogP contribution in [0.1, 0.15) is 69.4 Å². The first-order valence-electron chi connectivity index (χ1n) is 17.7. The van der Waals surface area contributed by atoms with Gasteiger partial charge in [-0.15, -0.1) is 11.6 Å². The fourth-order valence-corrected chi connectivity index (χ4v) is 8.81. The number of ether oxygens (including phenoxy) is 6. The van der Waals surface area contributed by atoms with Crippen molar-refractivity contribution in [2.24, 2.45) is 0 Å². The number of rotatable bonds is 11. The van der Waals surface area contributed by atoms with Gasteiger partial charge in [-0.2, -0.15) is 5.26 Å². The summed E-state index contributed by atoms with van der Waals surface area (Å²) in [6, 6.07) is 12.8. The van der Waals surface area contributed by atoms with Crippen LogP contribution in [0.5, 0.6) is 23.0 Å². The van der Waals surface area contributed by atoms with Crippen molar-refractivity contribution in [2.45, 2.75) is 83.1 Å². The highest BCUT2D eigenvalue weighted by Gasteiger charge is 2.57. The van der Waals surface area contributed by atoms with E-state index in [2.05, 4.69) is 42.8 Å². The molecule has 1 unspecified atom stereocenters. The number of methoxy groups -OCH3 is 1. The van der Waals surface area contributed by atoms with Crippen molar-refractivity contribution in [3.8, 4) is 29.1 Å². The van der Waals surface area contributed by atoms with Crippen molar-refractivity contribution in [1.29, 1.82) is 5.26 Å². The highest BCUT2D eigenvalue weighted by molar-refractivity contribution is 6.18. The van der Waals surface area contributed by atoms with Gasteiger partial charge in [0, 0.05) is 53.7 Å². The van der Waals surface area contributed by atoms with Gasteiger partial charge in [0.1, 0.15) is 24.1 Å². The van der Waals surface area contributed by atoms with Gasteiger partial charge in [0.05, 0.1) is 24.6 Å². The number of esters is 2. The Morgan fingerprint density at radius 2 is 1.75 bits per heavy atom. The molecule has 52 heavy (non-hydrogen) atoms. The normalized spacial score (nSPS) is 22.8. The second-order valence-corrected chi connectivity index (χ2v) is 14.3. The number of hydrogen-bond acceptors (Lipinski definition) is 11. The Labute approximate surface area is 309 Å². The van der Waals surface area contributed by atoms with E-state index in [0.29, 0.717) is 47.6 Å². The molecule has 5 atom stereocenters. The predicted octanol–water partition coefficient (Wildman–Crippen LogP) is 5.80. The zero-order chi connectivity index (χ0) is 36.7. The lowest BCUT2D eigenvalue weighted by Crippen LogP contribution is -2.68. The molecule has 0 radical (unpaired) electrons. The van der Waals surface area contributed by atoms with Gasteiger partial charge in [-0.3, -0.25) is 19.4 Å². The number of likely N-dealkylation sites (N-methyl/N-ethyl adjacent to an activating group) is 1. The summed E-state index contributed by atoms with van der Waals surface area (Å²) in [6.07, 6.45) is 1.79. The number of carbonyl (C=O) groups is 2. The molecular weight excluding hydrogens is 686 g/mol. The lowest BCUT2D eigenvalue weighted by molar-refractivity contribution is -0.149. The molecule has 3 aromatic carbocycles. The number of nitriles is 1. The average Bonchev–Trinajstić information content (AvgIpc) is 3.63. The van der Waals surface area contributed by atoms with Gasteiger partial charge in [-0.1, -0.05) is 36.4 Å². The van der Waals surface area contributed by atoms with E-state index in [1.165, 1.54) is 0 Å². The molecule has 12 heteroatoms. The summed E-state index contributed by atoms with van der Waals surface area (Å²) in [5.74, 6) is 1.45. The smallest absolute Gasteiger partial charge is 0.312 e. The molecule has 0 saturated carbocycles. The maximum atomic E-state index is 13.4. The second kappa shape index (κ2) is 15.0. The minimum atomic E-state index is -0.615. The van der Waals surface area contributed by atoms with Crippen molar-refractivity contribution in [1.82, 2.24) is 9.80 Å². The van der Waals surface area contributed by atoms with Crippen molar-refractivity contribution in [3.05, 3.63) is 80.9 Å². The van der Waals surface area contributed by atoms with E-state index >= 15 is 0 Å². The van der Waals surface area contributed by atoms with Crippen molar-refractivity contribution in [3.63, 3.8) is 0 Å². The summed E-state index contributed by atoms with van der Waals surface area (Å²) in [5, 5.41) is 11.0. The largest absolute Gasteiger partial charge is 0.467 e. The number of alkyl halides is 1. The van der Waals surface area contributed by atoms with Crippen LogP contribution in [0.2, 0.25) is 0 Å². The van der Waals surface area contributed by atoms with Crippen LogP contribution < -0.4 is 18.9 Å². The van der Waals surface area contributed by atoms with Crippen LogP contribution in [0.4, 0.5) is 0 Å². The standard InChI is InChI=1S/C40H44ClN3O8/c1-22-15-26-16-28-30(18-42)44-29(36(43(28)4)34(26)38(23(22)2)49-20-47-5)17-27-35(31(44)19-48-32(45)12-11-25-9-7-6-8-10-25)40-39(50-21-51-40)24(3)37(27)52-33(46)13-14-41/h6-10,15,28-31,36H,11-14,16-17,19-21H2,1-5H3/t28-,29?,30-,31-,36+/m0/s1. The molecule has 0 N–H and O–H groups in total. The lowest BCUT2D eigenvalue weighted by atomic mass is 9.71. The quantitative estimate of drug-likeness (QED) is 0.103. The van der Waals surface area contributed by atoms with Gasteiger partial charge in [-0.25, -0.2) is 0 Å². The summed E-state index contributed by atoms with van der Waals surface area (Å²) in [4.78, 5) is 31.0. The van der Waals surface area contributed by atoms with Gasteiger partial charge in [0.25, 0.3) is 0 Å². The number of carbonyl (C=O) groups excluding carboxylic acids is 2. The number of hydrogen-bond donors (Lipinski definition) is 0. The highest BCUT2D eigenvalue weighted by atomic mass is 35.5. The van der Waals surface area contributed by atoms with Crippen molar-refractivity contribution >= 4 is 23.5 Å². The SMILES string of the molecule is COCOc1c(C)c(C)cc2c1[C@H]1C3Cc4c(OC(=O)CCCl)c(C)c5c(c4[C@H](COC(=O)CCc4ccccc4)N3[C@@H](C#N)[C@H](C2)N1C)OCO5. The minimum Gasteiger partial charge on any atom is -0.467 e. The molecule has 0 aliphatic carbocycles. The first-order chi connectivity index (χ1) is 25.2. The van der Waals surface area contributed by atoms with E-state index in [9.17, 15) is 14.9 Å². The predicted molar refractivity (Wildman–Crippen MR) is 192 cm³/mol. The van der Waals surface area contributed by atoms with E-state index in [4.69, 9.17) is 40.0 Å². The van der Waals surface area contributed by atoms with Crippen LogP contribution in [0.3, 0.4) is 0 Å². The van der Waals surface area contributed by atoms with Crippen LogP contribution in [0.15, 0.2) is 36.4 Å². The third kappa shape index (κ3) is 6.26. The molecule has 11 nitrogen and oxygen atoms in total. The summed E-state index contributed by atoms with van der Waals surface area (Å²) in [6.45, 7) is 6.00. The Morgan fingerprint density at radius 1 is 0.981 bits per heavy atom. The van der Waals surface area contributed by atoms with Gasteiger partial charge in [0.2, 0.25) is 6.79 Å². The van der Waals surface area contributed by atoms with E-state index in [1.54, 1.807) is 7.11 Å². The monoisotopic (exact) mass is 729 g/mol. The maximum Gasteiger partial charge on any atom is 0.312 e. The molecule has 1 fully saturated rings. The molecule has 0 aromatic heterocycles. The van der Waals surface area contributed by atoms with Crippen LogP contribution in [0.25, 0.3) is 0 Å². The lowest BCUT2D eigenvalue weighted by Gasteiger charge is -2.60. The molecule has 0 amide bonds. The van der Waals surface area contributed by atoms with Gasteiger partial charge < -0.3 is 28.4 Å². The summed E-state index contributed by atoms with van der Waals surface area (Å²) < 4.78 is 36.1. The number of benzene rings is 3. The fourth-order valence-electron chi connectivity index (χ4n) is 8.66. The van der Waals surface area contributed by atoms with E-state index in [0.717, 1.165) is 39.1 Å². The van der Waals surface area contributed by atoms with Gasteiger partial charge in [0.15, 0.2) is 18.3 Å². The Bertz CT molecular complexity index is 1910. The Hall–Kier alpha value is -4.34. The zero-order valence-corrected chi connectivity index (χ0v) is 31.0. The number of nitrogens with zero attached hydrogens (tertiary/aromatic N) is 3. The summed E-state index contributed by atoms with van der Waals surface area (Å²) in [5.41, 5.74) is 7.44. The molecule has 7 rings (SSSR count). The van der Waals surface area contributed by atoms with E-state index in [-0.39, 0.29) is 63.0 Å². The topological polar surface area (TPSA) is 120 Å². The molecule has 274 valence electrons. The van der Waals surface area contributed by atoms with Gasteiger partial charge in [-0.05, 0) is 69.3 Å². The van der Waals surface area contributed by atoms with E-state index < -0.39 is 18.1 Å². The average molecular weight is 730 g/mol. The highest BCUT2D eigenvalue weighted by Crippen LogP contribution is 2.58. The Kier molecular flexibility index (Phi) is 10.4. The van der Waals surface area contributed by atoms with Gasteiger partial charge >= 0.3 is 11.9 Å². The number of piperazine rings is 1. The summed E-state index contributed by atoms with van der Waals surface area (Å²) >= 11 is 5.96. The van der Waals surface area contributed by atoms with Crippen LogP contribution >= 0.6 is 11.6 Å². The van der Waals surface area contributed by atoms with Crippen LogP contribution in [0, 0.1) is 32.1 Å². The Balaban J connectivity index is 1.38. The zero-order valence-electron chi connectivity index (χ0n) is 30.2. The number of fused-ring (bicyclic) bond motifs is 9. The molecule has 2 bridgehead atoms. The molecule has 1 saturated heterocycles. The minimum absolute atomic E-state index is 0.0173. The number of halogens is 1. The molecule has 3 aromatic rings.